The van der Waals surface area contributed by atoms with E-state index in [1.807, 2.05) is 0 Å². The first-order valence-electron chi connectivity index (χ1n) is 5.07. The number of carbonyl (C=O) groups excluding carboxylic acids is 1. The number of rotatable bonds is 4. The van der Waals surface area contributed by atoms with Gasteiger partial charge in [-0.3, -0.25) is 0 Å². The van der Waals surface area contributed by atoms with E-state index in [0.717, 1.165) is 0 Å². The zero-order chi connectivity index (χ0) is 12.4. The number of ether oxygens (including phenoxy) is 2. The molecule has 1 amide bonds. The van der Waals surface area contributed by atoms with Crippen molar-refractivity contribution < 1.29 is 19.4 Å². The van der Waals surface area contributed by atoms with Gasteiger partial charge in [-0.2, -0.15) is 0 Å². The SMILES string of the molecule is CC(C)(C)OC(=O)NCCOCC#CCO. The van der Waals surface area contributed by atoms with Gasteiger partial charge in [0, 0.05) is 6.54 Å². The molecule has 0 atom stereocenters. The molecule has 16 heavy (non-hydrogen) atoms. The Morgan fingerprint density at radius 2 is 2.06 bits per heavy atom. The molecule has 0 rings (SSSR count). The highest BCUT2D eigenvalue weighted by molar-refractivity contribution is 5.67. The maximum absolute atomic E-state index is 11.1. The molecule has 0 radical (unpaired) electrons. The Labute approximate surface area is 96.1 Å². The van der Waals surface area contributed by atoms with Crippen LogP contribution in [0.1, 0.15) is 20.8 Å². The van der Waals surface area contributed by atoms with Crippen molar-refractivity contribution in [3.05, 3.63) is 0 Å². The van der Waals surface area contributed by atoms with E-state index in [0.29, 0.717) is 13.2 Å². The number of hydrogen-bond donors (Lipinski definition) is 2. The van der Waals surface area contributed by atoms with Crippen LogP contribution in [0.25, 0.3) is 0 Å². The highest BCUT2D eigenvalue weighted by Gasteiger charge is 2.15. The van der Waals surface area contributed by atoms with Crippen LogP contribution in [0.4, 0.5) is 4.79 Å². The van der Waals surface area contributed by atoms with E-state index in [9.17, 15) is 4.79 Å². The summed E-state index contributed by atoms with van der Waals surface area (Å²) in [5.41, 5.74) is -0.489. The highest BCUT2D eigenvalue weighted by Crippen LogP contribution is 2.05. The molecule has 0 saturated heterocycles. The topological polar surface area (TPSA) is 67.8 Å². The maximum Gasteiger partial charge on any atom is 0.407 e. The van der Waals surface area contributed by atoms with E-state index in [2.05, 4.69) is 17.2 Å². The van der Waals surface area contributed by atoms with Gasteiger partial charge in [-0.25, -0.2) is 4.79 Å². The van der Waals surface area contributed by atoms with E-state index < -0.39 is 11.7 Å². The van der Waals surface area contributed by atoms with Crippen LogP contribution in [-0.4, -0.2) is 43.2 Å². The third-order valence-corrected chi connectivity index (χ3v) is 1.29. The fourth-order valence-corrected chi connectivity index (χ4v) is 0.770. The van der Waals surface area contributed by atoms with E-state index in [1.165, 1.54) is 0 Å². The molecule has 0 aromatic carbocycles. The number of aliphatic hydroxyl groups excluding tert-OH is 1. The van der Waals surface area contributed by atoms with Crippen LogP contribution in [0.3, 0.4) is 0 Å². The van der Waals surface area contributed by atoms with Crippen LogP contribution in [0.2, 0.25) is 0 Å². The molecule has 0 aromatic rings. The quantitative estimate of drug-likeness (QED) is 0.545. The second-order valence-corrected chi connectivity index (χ2v) is 3.99. The van der Waals surface area contributed by atoms with Gasteiger partial charge >= 0.3 is 6.09 Å². The van der Waals surface area contributed by atoms with E-state index in [1.54, 1.807) is 20.8 Å². The lowest BCUT2D eigenvalue weighted by Gasteiger charge is -2.19. The molecule has 0 unspecified atom stereocenters. The summed E-state index contributed by atoms with van der Waals surface area (Å²) < 4.78 is 10.1. The van der Waals surface area contributed by atoms with E-state index >= 15 is 0 Å². The molecule has 5 nitrogen and oxygen atoms in total. The van der Waals surface area contributed by atoms with Gasteiger partial charge in [-0.15, -0.1) is 0 Å². The van der Waals surface area contributed by atoms with Crippen molar-refractivity contribution in [3.63, 3.8) is 0 Å². The van der Waals surface area contributed by atoms with Gasteiger partial charge in [0.15, 0.2) is 0 Å². The first-order valence-corrected chi connectivity index (χ1v) is 5.07. The lowest BCUT2D eigenvalue weighted by Crippen LogP contribution is -2.34. The first kappa shape index (κ1) is 14.8. The number of alkyl carbamates (subject to hydrolysis) is 1. The number of amides is 1. The summed E-state index contributed by atoms with van der Waals surface area (Å²) >= 11 is 0. The molecular formula is C11H19NO4. The zero-order valence-corrected chi connectivity index (χ0v) is 10.0. The standard InChI is InChI=1S/C11H19NO4/c1-11(2,3)16-10(14)12-6-9-15-8-5-4-7-13/h13H,6-9H2,1-3H3,(H,12,14). The molecule has 0 aliphatic heterocycles. The molecule has 0 aliphatic rings. The Morgan fingerprint density at radius 1 is 1.38 bits per heavy atom. The summed E-state index contributed by atoms with van der Waals surface area (Å²) in [5.74, 6) is 5.04. The minimum absolute atomic E-state index is 0.167. The highest BCUT2D eigenvalue weighted by atomic mass is 16.6. The third-order valence-electron chi connectivity index (χ3n) is 1.29. The van der Waals surface area contributed by atoms with Gasteiger partial charge in [0.05, 0.1) is 6.61 Å². The van der Waals surface area contributed by atoms with Gasteiger partial charge in [0.25, 0.3) is 0 Å². The van der Waals surface area contributed by atoms with Gasteiger partial charge in [-0.05, 0) is 20.8 Å². The lowest BCUT2D eigenvalue weighted by molar-refractivity contribution is 0.0507. The van der Waals surface area contributed by atoms with Crippen LogP contribution in [0, 0.1) is 11.8 Å². The summed E-state index contributed by atoms with van der Waals surface area (Å²) in [7, 11) is 0. The molecule has 92 valence electrons. The maximum atomic E-state index is 11.1. The summed E-state index contributed by atoms with van der Waals surface area (Å²) in [6, 6.07) is 0. The zero-order valence-electron chi connectivity index (χ0n) is 10.0. The molecule has 0 aliphatic carbocycles. The van der Waals surface area contributed by atoms with Crippen molar-refractivity contribution in [1.29, 1.82) is 0 Å². The Hall–Kier alpha value is -1.25. The Morgan fingerprint density at radius 3 is 2.62 bits per heavy atom. The summed E-state index contributed by atoms with van der Waals surface area (Å²) in [6.45, 7) is 6.21. The number of aliphatic hydroxyl groups is 1. The van der Waals surface area contributed by atoms with Crippen molar-refractivity contribution >= 4 is 6.09 Å². The van der Waals surface area contributed by atoms with Crippen molar-refractivity contribution in [2.24, 2.45) is 0 Å². The van der Waals surface area contributed by atoms with Crippen LogP contribution < -0.4 is 5.32 Å². The second-order valence-electron chi connectivity index (χ2n) is 3.99. The predicted molar refractivity (Wildman–Crippen MR) is 59.9 cm³/mol. The summed E-state index contributed by atoms with van der Waals surface area (Å²) in [6.07, 6.45) is -0.461. The van der Waals surface area contributed by atoms with Gasteiger partial charge in [0.1, 0.15) is 18.8 Å². The molecule has 0 saturated carbocycles. The van der Waals surface area contributed by atoms with Crippen LogP contribution in [0.15, 0.2) is 0 Å². The fraction of sp³-hybridized carbons (Fsp3) is 0.727. The van der Waals surface area contributed by atoms with Crippen LogP contribution >= 0.6 is 0 Å². The third kappa shape index (κ3) is 10.8. The van der Waals surface area contributed by atoms with Crippen LogP contribution in [0.5, 0.6) is 0 Å². The number of nitrogens with one attached hydrogen (secondary N) is 1. The summed E-state index contributed by atoms with van der Waals surface area (Å²) in [4.78, 5) is 11.1. The van der Waals surface area contributed by atoms with Crippen LogP contribution in [-0.2, 0) is 9.47 Å². The molecule has 2 N–H and O–H groups in total. The minimum atomic E-state index is -0.489. The van der Waals surface area contributed by atoms with E-state index in [-0.39, 0.29) is 13.2 Å². The number of hydrogen-bond acceptors (Lipinski definition) is 4. The second kappa shape index (κ2) is 7.97. The van der Waals surface area contributed by atoms with E-state index in [4.69, 9.17) is 14.6 Å². The summed E-state index contributed by atoms with van der Waals surface area (Å²) in [5, 5.41) is 10.9. The molecule has 0 aromatic heterocycles. The Kier molecular flexibility index (Phi) is 7.34. The van der Waals surface area contributed by atoms with Gasteiger partial charge in [-0.1, -0.05) is 11.8 Å². The minimum Gasteiger partial charge on any atom is -0.444 e. The normalized spacial score (nSPS) is 10.2. The van der Waals surface area contributed by atoms with Crippen molar-refractivity contribution in [1.82, 2.24) is 5.32 Å². The number of carbonyl (C=O) groups is 1. The molecule has 0 spiro atoms. The van der Waals surface area contributed by atoms with Crippen molar-refractivity contribution in [3.8, 4) is 11.8 Å². The average Bonchev–Trinajstić information content (AvgIpc) is 2.13. The first-order chi connectivity index (χ1) is 7.45. The molecule has 5 heteroatoms. The molecule has 0 heterocycles. The Bertz CT molecular complexity index is 259. The largest absolute Gasteiger partial charge is 0.444 e. The Balaban J connectivity index is 3.42. The average molecular weight is 229 g/mol. The monoisotopic (exact) mass is 229 g/mol. The molecule has 0 bridgehead atoms. The molecular weight excluding hydrogens is 210 g/mol. The van der Waals surface area contributed by atoms with Crippen molar-refractivity contribution in [2.75, 3.05) is 26.4 Å². The van der Waals surface area contributed by atoms with Gasteiger partial charge < -0.3 is 19.9 Å². The smallest absolute Gasteiger partial charge is 0.407 e. The molecule has 0 fully saturated rings. The predicted octanol–water partition coefficient (Wildman–Crippen LogP) is 0.523. The lowest BCUT2D eigenvalue weighted by atomic mass is 10.2. The van der Waals surface area contributed by atoms with Crippen molar-refractivity contribution in [2.45, 2.75) is 26.4 Å². The van der Waals surface area contributed by atoms with Gasteiger partial charge in [0.2, 0.25) is 0 Å². The fourth-order valence-electron chi connectivity index (χ4n) is 0.770.